The number of methoxy groups -OCH3 is 2. The summed E-state index contributed by atoms with van der Waals surface area (Å²) in [5.74, 6) is -0.229. The SMILES string of the molecule is COc1ccc(S(=O)(=O)NNC(=O)CSc2nc3ccccc3c(=O)n2CCc2ccccn2)cc1OC. The Morgan fingerprint density at radius 1 is 1.03 bits per heavy atom. The molecular formula is C25H25N5O6S2. The average Bonchev–Trinajstić information content (AvgIpc) is 2.94. The number of hydrogen-bond donors (Lipinski definition) is 2. The number of para-hydroxylation sites is 1. The minimum Gasteiger partial charge on any atom is -0.493 e. The van der Waals surface area contributed by atoms with Gasteiger partial charge in [0.25, 0.3) is 15.6 Å². The van der Waals surface area contributed by atoms with E-state index in [2.05, 4.69) is 20.2 Å². The van der Waals surface area contributed by atoms with E-state index in [1.165, 1.54) is 37.0 Å². The third-order valence-electron chi connectivity index (χ3n) is 5.47. The fraction of sp³-hybridized carbons (Fsp3) is 0.200. The number of hydrazine groups is 1. The lowest BCUT2D eigenvalue weighted by atomic mass is 10.2. The molecule has 2 N–H and O–H groups in total. The van der Waals surface area contributed by atoms with Crippen molar-refractivity contribution in [2.45, 2.75) is 23.0 Å². The number of carbonyl (C=O) groups is 1. The molecule has 0 spiro atoms. The van der Waals surface area contributed by atoms with Crippen molar-refractivity contribution < 1.29 is 22.7 Å². The third kappa shape index (κ3) is 6.30. The number of thioether (sulfide) groups is 1. The Morgan fingerprint density at radius 2 is 1.79 bits per heavy atom. The number of ether oxygens (including phenoxy) is 2. The predicted molar refractivity (Wildman–Crippen MR) is 143 cm³/mol. The van der Waals surface area contributed by atoms with E-state index < -0.39 is 15.9 Å². The molecule has 0 bridgehead atoms. The highest BCUT2D eigenvalue weighted by atomic mass is 32.2. The third-order valence-corrected chi connectivity index (χ3v) is 7.69. The summed E-state index contributed by atoms with van der Waals surface area (Å²) >= 11 is 1.02. The first-order valence-corrected chi connectivity index (χ1v) is 13.8. The normalized spacial score (nSPS) is 11.3. The number of hydrogen-bond acceptors (Lipinski definition) is 9. The van der Waals surface area contributed by atoms with Crippen LogP contribution < -0.4 is 25.3 Å². The number of carbonyl (C=O) groups excluding carboxylic acids is 1. The minimum atomic E-state index is -4.08. The van der Waals surface area contributed by atoms with Crippen LogP contribution in [-0.2, 0) is 27.8 Å². The summed E-state index contributed by atoms with van der Waals surface area (Å²) < 4.78 is 37.1. The van der Waals surface area contributed by atoms with Gasteiger partial charge < -0.3 is 9.47 Å². The van der Waals surface area contributed by atoms with Crippen LogP contribution >= 0.6 is 11.8 Å². The smallest absolute Gasteiger partial charge is 0.262 e. The Kier molecular flexibility index (Phi) is 8.61. The van der Waals surface area contributed by atoms with Crippen molar-refractivity contribution >= 4 is 38.6 Å². The van der Waals surface area contributed by atoms with Crippen LogP contribution in [0.1, 0.15) is 5.69 Å². The monoisotopic (exact) mass is 555 g/mol. The number of rotatable bonds is 11. The van der Waals surface area contributed by atoms with Crippen molar-refractivity contribution in [3.63, 3.8) is 0 Å². The number of nitrogens with zero attached hydrogens (tertiary/aromatic N) is 3. The highest BCUT2D eigenvalue weighted by molar-refractivity contribution is 7.99. The molecule has 4 rings (SSSR count). The number of sulfonamides is 1. The molecule has 0 aliphatic carbocycles. The summed E-state index contributed by atoms with van der Waals surface area (Å²) in [7, 11) is -1.26. The largest absolute Gasteiger partial charge is 0.493 e. The predicted octanol–water partition coefficient (Wildman–Crippen LogP) is 2.15. The van der Waals surface area contributed by atoms with Crippen LogP contribution in [0.15, 0.2) is 81.7 Å². The Morgan fingerprint density at radius 3 is 2.53 bits per heavy atom. The fourth-order valence-corrected chi connectivity index (χ4v) is 5.26. The van der Waals surface area contributed by atoms with Gasteiger partial charge in [-0.1, -0.05) is 30.0 Å². The van der Waals surface area contributed by atoms with Gasteiger partial charge in [0.1, 0.15) is 0 Å². The van der Waals surface area contributed by atoms with Gasteiger partial charge in [0.2, 0.25) is 5.91 Å². The Bertz CT molecular complexity index is 1610. The summed E-state index contributed by atoms with van der Waals surface area (Å²) in [6.07, 6.45) is 2.17. The molecule has 11 nitrogen and oxygen atoms in total. The lowest BCUT2D eigenvalue weighted by Gasteiger charge is -2.14. The van der Waals surface area contributed by atoms with Crippen LogP contribution in [0.4, 0.5) is 0 Å². The molecule has 1 amide bonds. The van der Waals surface area contributed by atoms with Crippen LogP contribution in [0.3, 0.4) is 0 Å². The Balaban J connectivity index is 1.47. The van der Waals surface area contributed by atoms with Gasteiger partial charge >= 0.3 is 0 Å². The van der Waals surface area contributed by atoms with E-state index in [0.29, 0.717) is 34.8 Å². The molecule has 0 aliphatic heterocycles. The van der Waals surface area contributed by atoms with Crippen LogP contribution in [0.2, 0.25) is 0 Å². The van der Waals surface area contributed by atoms with Crippen LogP contribution in [-0.4, -0.2) is 48.8 Å². The molecule has 2 aromatic heterocycles. The molecule has 0 saturated carbocycles. The number of fused-ring (bicyclic) bond motifs is 1. The van der Waals surface area contributed by atoms with Crippen molar-refractivity contribution in [3.05, 3.63) is 82.9 Å². The highest BCUT2D eigenvalue weighted by Crippen LogP contribution is 2.29. The van der Waals surface area contributed by atoms with Crippen LogP contribution in [0.5, 0.6) is 11.5 Å². The summed E-state index contributed by atoms with van der Waals surface area (Å²) in [5, 5.41) is 0.799. The molecule has 2 heterocycles. The fourth-order valence-electron chi connectivity index (χ4n) is 3.56. The van der Waals surface area contributed by atoms with E-state index in [9.17, 15) is 18.0 Å². The number of pyridine rings is 1. The van der Waals surface area contributed by atoms with E-state index in [-0.39, 0.29) is 22.0 Å². The highest BCUT2D eigenvalue weighted by Gasteiger charge is 2.19. The van der Waals surface area contributed by atoms with Gasteiger partial charge in [-0.25, -0.2) is 13.4 Å². The number of aromatic nitrogens is 3. The summed E-state index contributed by atoms with van der Waals surface area (Å²) in [6, 6.07) is 16.6. The zero-order chi connectivity index (χ0) is 27.1. The summed E-state index contributed by atoms with van der Waals surface area (Å²) in [4.78, 5) is 36.5. The number of amides is 1. The number of aryl methyl sites for hydroxylation is 1. The Hall–Kier alpha value is -3.94. The lowest BCUT2D eigenvalue weighted by Crippen LogP contribution is -2.42. The molecule has 13 heteroatoms. The van der Waals surface area contributed by atoms with E-state index in [4.69, 9.17) is 9.47 Å². The zero-order valence-electron chi connectivity index (χ0n) is 20.6. The van der Waals surface area contributed by atoms with Gasteiger partial charge in [-0.3, -0.25) is 24.6 Å². The topological polar surface area (TPSA) is 142 Å². The van der Waals surface area contributed by atoms with Gasteiger partial charge in [-0.2, -0.15) is 0 Å². The lowest BCUT2D eigenvalue weighted by molar-refractivity contribution is -0.119. The maximum Gasteiger partial charge on any atom is 0.262 e. The molecule has 0 radical (unpaired) electrons. The molecule has 0 fully saturated rings. The van der Waals surface area contributed by atoms with Gasteiger partial charge in [-0.05, 0) is 36.4 Å². The van der Waals surface area contributed by atoms with Gasteiger partial charge in [-0.15, -0.1) is 4.83 Å². The molecule has 198 valence electrons. The molecule has 0 aliphatic rings. The van der Waals surface area contributed by atoms with E-state index in [0.717, 1.165) is 17.5 Å². The molecule has 4 aromatic rings. The van der Waals surface area contributed by atoms with Crippen molar-refractivity contribution in [3.8, 4) is 11.5 Å². The molecule has 0 saturated heterocycles. The zero-order valence-corrected chi connectivity index (χ0v) is 22.2. The number of benzene rings is 2. The second kappa shape index (κ2) is 12.1. The van der Waals surface area contributed by atoms with Crippen molar-refractivity contribution in [1.29, 1.82) is 0 Å². The summed E-state index contributed by atoms with van der Waals surface area (Å²) in [6.45, 7) is 0.309. The van der Waals surface area contributed by atoms with E-state index in [1.54, 1.807) is 30.5 Å². The molecule has 0 atom stereocenters. The molecule has 0 unspecified atom stereocenters. The van der Waals surface area contributed by atoms with Crippen LogP contribution in [0.25, 0.3) is 10.9 Å². The Labute approximate surface area is 223 Å². The van der Waals surface area contributed by atoms with Gasteiger partial charge in [0.15, 0.2) is 16.7 Å². The second-order valence-corrected chi connectivity index (χ2v) is 10.5. The molecule has 2 aromatic carbocycles. The van der Waals surface area contributed by atoms with Crippen LogP contribution in [0, 0.1) is 0 Å². The molecular weight excluding hydrogens is 530 g/mol. The average molecular weight is 556 g/mol. The number of nitrogens with one attached hydrogen (secondary N) is 2. The summed E-state index contributed by atoms with van der Waals surface area (Å²) in [5.41, 5.74) is 3.27. The first-order valence-electron chi connectivity index (χ1n) is 11.4. The second-order valence-electron chi connectivity index (χ2n) is 7.90. The standard InChI is InChI=1S/C25H25N5O6S2/c1-35-21-11-10-18(15-22(21)36-2)38(33,34)29-28-23(31)16-37-25-27-20-9-4-3-8-19(20)24(32)30(25)14-12-17-7-5-6-13-26-17/h3-11,13,15,29H,12,14,16H2,1-2H3,(H,28,31). The van der Waals surface area contributed by atoms with Gasteiger partial charge in [0.05, 0.1) is 35.8 Å². The van der Waals surface area contributed by atoms with Gasteiger partial charge in [0, 0.05) is 30.9 Å². The van der Waals surface area contributed by atoms with Crippen molar-refractivity contribution in [2.75, 3.05) is 20.0 Å². The maximum atomic E-state index is 13.2. The van der Waals surface area contributed by atoms with E-state index in [1.807, 2.05) is 18.2 Å². The van der Waals surface area contributed by atoms with Crippen molar-refractivity contribution in [1.82, 2.24) is 24.8 Å². The quantitative estimate of drug-likeness (QED) is 0.162. The minimum absolute atomic E-state index is 0.123. The first kappa shape index (κ1) is 27.1. The van der Waals surface area contributed by atoms with Crippen molar-refractivity contribution in [2.24, 2.45) is 0 Å². The first-order chi connectivity index (χ1) is 18.3. The van der Waals surface area contributed by atoms with E-state index >= 15 is 0 Å². The molecule has 38 heavy (non-hydrogen) atoms. The maximum absolute atomic E-state index is 13.2.